The first-order chi connectivity index (χ1) is 20.7. The number of methoxy groups -OCH3 is 1. The van der Waals surface area contributed by atoms with Gasteiger partial charge >= 0.3 is 11.9 Å². The highest BCUT2D eigenvalue weighted by molar-refractivity contribution is 7.99. The number of ether oxygens (including phenoxy) is 5. The molecule has 7 rings (SSSR count). The van der Waals surface area contributed by atoms with E-state index in [1.54, 1.807) is 11.8 Å². The summed E-state index contributed by atoms with van der Waals surface area (Å²) < 4.78 is 29.5. The van der Waals surface area contributed by atoms with Gasteiger partial charge in [0.1, 0.15) is 18.4 Å². The molecule has 0 amide bonds. The molecular weight excluding hydrogens is 574 g/mol. The molecule has 7 atom stereocenters. The molecule has 5 aliphatic heterocycles. The number of carbonyl (C=O) groups excluding carboxylic acids is 2. The second-order valence-corrected chi connectivity index (χ2v) is 13.0. The van der Waals surface area contributed by atoms with Crippen molar-refractivity contribution in [1.29, 1.82) is 5.26 Å². The minimum absolute atomic E-state index is 0.00814. The normalized spacial score (nSPS) is 30.3. The molecule has 226 valence electrons. The van der Waals surface area contributed by atoms with Gasteiger partial charge in [0, 0.05) is 47.0 Å². The highest BCUT2D eigenvalue weighted by atomic mass is 32.2. The summed E-state index contributed by atoms with van der Waals surface area (Å²) in [5.41, 5.74) is 4.62. The van der Waals surface area contributed by atoms with Crippen LogP contribution in [-0.2, 0) is 20.7 Å². The number of cyclic esters (lactones) is 1. The quantitative estimate of drug-likeness (QED) is 0.381. The number of aryl methyl sites for hydroxylation is 1. The average molecular weight is 608 g/mol. The van der Waals surface area contributed by atoms with Crippen molar-refractivity contribution in [2.75, 3.05) is 26.3 Å². The number of fused-ring (bicyclic) bond motifs is 9. The number of nitrogens with zero attached hydrogens (tertiary/aromatic N) is 2. The summed E-state index contributed by atoms with van der Waals surface area (Å²) in [6.07, 6.45) is 0.518. The van der Waals surface area contributed by atoms with Gasteiger partial charge in [-0.25, -0.2) is 0 Å². The van der Waals surface area contributed by atoms with Crippen molar-refractivity contribution >= 4 is 23.7 Å². The molecule has 0 radical (unpaired) electrons. The van der Waals surface area contributed by atoms with E-state index in [-0.39, 0.29) is 37.1 Å². The summed E-state index contributed by atoms with van der Waals surface area (Å²) in [7, 11) is 1.54. The third-order valence-corrected chi connectivity index (χ3v) is 10.9. The second-order valence-electron chi connectivity index (χ2n) is 11.9. The fraction of sp³-hybridized carbons (Fsp3) is 0.516. The van der Waals surface area contributed by atoms with E-state index in [0.29, 0.717) is 46.3 Å². The van der Waals surface area contributed by atoms with Gasteiger partial charge in [-0.1, -0.05) is 13.0 Å². The van der Waals surface area contributed by atoms with E-state index in [4.69, 9.17) is 23.7 Å². The first kappa shape index (κ1) is 28.1. The SMILES string of the molecule is COc1c(C)cc2c(c1O)[C@H]1N[C@@H](C2)[C@H](C#N)N2C3COC(=O)C(C)CS[C@H](c4c(OC(C)=O)c(C)c5c(c43)OCO5)C12. The van der Waals surface area contributed by atoms with Crippen LogP contribution in [0.4, 0.5) is 0 Å². The predicted octanol–water partition coefficient (Wildman–Crippen LogP) is 3.53. The van der Waals surface area contributed by atoms with Gasteiger partial charge in [0.15, 0.2) is 23.0 Å². The Labute approximate surface area is 253 Å². The summed E-state index contributed by atoms with van der Waals surface area (Å²) in [5, 5.41) is 25.6. The van der Waals surface area contributed by atoms with Crippen molar-refractivity contribution in [3.8, 4) is 34.8 Å². The van der Waals surface area contributed by atoms with Gasteiger partial charge in [-0.05, 0) is 31.4 Å². The maximum absolute atomic E-state index is 13.0. The zero-order chi connectivity index (χ0) is 30.3. The van der Waals surface area contributed by atoms with Crippen molar-refractivity contribution < 1.29 is 38.4 Å². The van der Waals surface area contributed by atoms with E-state index in [9.17, 15) is 20.0 Å². The van der Waals surface area contributed by atoms with Crippen LogP contribution in [0.5, 0.6) is 28.7 Å². The summed E-state index contributed by atoms with van der Waals surface area (Å²) in [4.78, 5) is 27.7. The lowest BCUT2D eigenvalue weighted by atomic mass is 9.72. The number of esters is 2. The maximum Gasteiger partial charge on any atom is 0.309 e. The number of rotatable bonds is 2. The molecule has 43 heavy (non-hydrogen) atoms. The van der Waals surface area contributed by atoms with E-state index in [1.807, 2.05) is 26.8 Å². The predicted molar refractivity (Wildman–Crippen MR) is 154 cm³/mol. The van der Waals surface area contributed by atoms with E-state index < -0.39 is 35.4 Å². The van der Waals surface area contributed by atoms with Gasteiger partial charge in [0.2, 0.25) is 6.79 Å². The molecule has 2 N–H and O–H groups in total. The van der Waals surface area contributed by atoms with E-state index in [1.165, 1.54) is 14.0 Å². The summed E-state index contributed by atoms with van der Waals surface area (Å²) >= 11 is 1.55. The Morgan fingerprint density at radius 3 is 2.67 bits per heavy atom. The van der Waals surface area contributed by atoms with Crippen LogP contribution in [0.2, 0.25) is 0 Å². The number of nitrogens with one attached hydrogen (secondary N) is 1. The van der Waals surface area contributed by atoms with Crippen molar-refractivity contribution in [2.45, 2.75) is 69.6 Å². The molecule has 0 spiro atoms. The van der Waals surface area contributed by atoms with Crippen LogP contribution in [0, 0.1) is 31.1 Å². The molecule has 5 aliphatic rings. The monoisotopic (exact) mass is 607 g/mol. The van der Waals surface area contributed by atoms with E-state index >= 15 is 0 Å². The standard InChI is InChI=1S/C31H33N3O8S/c1-12-6-16-7-17-18(8-32)34-19-9-39-31(37)13(2)10-43-30(24(34)23(33-17)20(16)25(36)26(12)38-5)22-21(19)29-28(40-11-41-29)14(3)27(22)42-15(4)35/h6,13,17-19,23-24,30,33,36H,7,9-11H2,1-5H3/t13?,17-,18-,19?,23+,24?,30+/m0/s1. The smallest absolute Gasteiger partial charge is 0.309 e. The van der Waals surface area contributed by atoms with Crippen LogP contribution in [0.3, 0.4) is 0 Å². The maximum atomic E-state index is 13.0. The first-order valence-electron chi connectivity index (χ1n) is 14.4. The molecule has 2 aromatic carbocycles. The van der Waals surface area contributed by atoms with Gasteiger partial charge < -0.3 is 34.1 Å². The average Bonchev–Trinajstić information content (AvgIpc) is 3.46. The van der Waals surface area contributed by atoms with Crippen LogP contribution in [-0.4, -0.2) is 66.3 Å². The number of hydrogen-bond acceptors (Lipinski definition) is 12. The summed E-state index contributed by atoms with van der Waals surface area (Å²) in [6, 6.07) is 2.30. The van der Waals surface area contributed by atoms with Crippen molar-refractivity contribution in [2.24, 2.45) is 5.92 Å². The zero-order valence-electron chi connectivity index (χ0n) is 24.6. The molecule has 2 fully saturated rings. The van der Waals surface area contributed by atoms with Crippen molar-refractivity contribution in [3.63, 3.8) is 0 Å². The Morgan fingerprint density at radius 2 is 1.95 bits per heavy atom. The summed E-state index contributed by atoms with van der Waals surface area (Å²) in [5.74, 6) is 1.12. The highest BCUT2D eigenvalue weighted by Gasteiger charge is 2.58. The molecule has 5 heterocycles. The first-order valence-corrected chi connectivity index (χ1v) is 15.5. The van der Waals surface area contributed by atoms with Crippen molar-refractivity contribution in [3.05, 3.63) is 39.4 Å². The molecule has 2 saturated heterocycles. The summed E-state index contributed by atoms with van der Waals surface area (Å²) in [6.45, 7) is 6.90. The highest BCUT2D eigenvalue weighted by Crippen LogP contribution is 2.62. The third kappa shape index (κ3) is 4.01. The number of nitriles is 1. The third-order valence-electron chi connectivity index (χ3n) is 9.35. The molecule has 4 bridgehead atoms. The molecule has 0 aliphatic carbocycles. The number of phenols is 1. The molecule has 0 saturated carbocycles. The van der Waals surface area contributed by atoms with E-state index in [0.717, 1.165) is 22.3 Å². The van der Waals surface area contributed by atoms with Gasteiger partial charge in [-0.3, -0.25) is 14.5 Å². The molecule has 0 aromatic heterocycles. The Bertz CT molecular complexity index is 1600. The zero-order valence-corrected chi connectivity index (χ0v) is 25.4. The van der Waals surface area contributed by atoms with Crippen LogP contribution >= 0.6 is 11.8 Å². The fourth-order valence-corrected chi connectivity index (χ4v) is 9.19. The number of hydrogen-bond donors (Lipinski definition) is 2. The van der Waals surface area contributed by atoms with Gasteiger partial charge in [-0.15, -0.1) is 0 Å². The number of aromatic hydroxyl groups is 1. The second kappa shape index (κ2) is 10.2. The molecule has 12 heteroatoms. The number of benzene rings is 2. The van der Waals surface area contributed by atoms with Gasteiger partial charge in [0.25, 0.3) is 0 Å². The van der Waals surface area contributed by atoms with Crippen molar-refractivity contribution in [1.82, 2.24) is 10.2 Å². The molecule has 11 nitrogen and oxygen atoms in total. The number of thioether (sulfide) groups is 1. The molecular formula is C31H33N3O8S. The fourth-order valence-electron chi connectivity index (χ4n) is 7.66. The van der Waals surface area contributed by atoms with Gasteiger partial charge in [-0.2, -0.15) is 17.0 Å². The lowest BCUT2D eigenvalue weighted by Gasteiger charge is -2.59. The van der Waals surface area contributed by atoms with E-state index in [2.05, 4.69) is 16.3 Å². The Kier molecular flexibility index (Phi) is 6.68. The Hall–Kier alpha value is -3.66. The number of piperazine rings is 1. The van der Waals surface area contributed by atoms with Crippen LogP contribution < -0.4 is 24.3 Å². The Morgan fingerprint density at radius 1 is 1.19 bits per heavy atom. The molecule has 2 aromatic rings. The number of carbonyl (C=O) groups is 2. The Balaban J connectivity index is 1.54. The minimum Gasteiger partial charge on any atom is -0.504 e. The topological polar surface area (TPSA) is 140 Å². The number of phenolic OH excluding ortho intramolecular Hbond substituents is 1. The molecule has 3 unspecified atom stereocenters. The van der Waals surface area contributed by atoms with Gasteiger partial charge in [0.05, 0.1) is 36.4 Å². The minimum atomic E-state index is -0.607. The van der Waals surface area contributed by atoms with Crippen LogP contribution in [0.1, 0.15) is 64.6 Å². The lowest BCUT2D eigenvalue weighted by molar-refractivity contribution is -0.151. The van der Waals surface area contributed by atoms with Crippen LogP contribution in [0.15, 0.2) is 6.07 Å². The lowest BCUT2D eigenvalue weighted by Crippen LogP contribution is -2.69. The largest absolute Gasteiger partial charge is 0.504 e. The van der Waals surface area contributed by atoms with Crippen LogP contribution in [0.25, 0.3) is 0 Å².